The molecule has 7 rings (SSSR count). The van der Waals surface area contributed by atoms with Crippen LogP contribution in [0.3, 0.4) is 0 Å². The number of ether oxygens (including phenoxy) is 6. The molecule has 32 heavy (non-hydrogen) atoms. The number of allylic oxidation sites excluding steroid dienone is 1. The maximum absolute atomic E-state index is 11.8. The minimum Gasteiger partial charge on any atom is -0.393 e. The fraction of sp³-hybridized carbons (Fsp3) is 0.920. The lowest BCUT2D eigenvalue weighted by Gasteiger charge is -2.62. The Hall–Kier alpha value is -0.540. The van der Waals surface area contributed by atoms with Gasteiger partial charge in [-0.05, 0) is 55.3 Å². The van der Waals surface area contributed by atoms with Crippen LogP contribution in [-0.2, 0) is 28.4 Å². The highest BCUT2D eigenvalue weighted by atomic mass is 16.9. The Kier molecular flexibility index (Phi) is 4.27. The number of fused-ring (bicyclic) bond motifs is 7. The zero-order valence-corrected chi connectivity index (χ0v) is 19.3. The first kappa shape index (κ1) is 20.8. The molecular formula is C25H36O7. The zero-order chi connectivity index (χ0) is 21.8. The molecule has 178 valence electrons. The number of hydrogen-bond donors (Lipinski definition) is 1. The molecule has 0 radical (unpaired) electrons. The van der Waals surface area contributed by atoms with Crippen molar-refractivity contribution in [3.05, 3.63) is 11.6 Å². The summed E-state index contributed by atoms with van der Waals surface area (Å²) in [5.74, 6) is -0.112. The number of aliphatic hydroxyl groups excluding tert-OH is 1. The third kappa shape index (κ3) is 2.32. The molecular weight excluding hydrogens is 412 g/mol. The molecule has 7 nitrogen and oxygen atoms in total. The normalized spacial score (nSPS) is 55.9. The summed E-state index contributed by atoms with van der Waals surface area (Å²) in [5, 5.41) is 11.8. The SMILES string of the molecule is C[C@]12CCC3(CC1=CCC1C2[C@@H](O)C[C@@]2(C)C1CC[C@@]21OCOC12COCO2)OCCO3. The lowest BCUT2D eigenvalue weighted by atomic mass is 9.45. The Bertz CT molecular complexity index is 825. The van der Waals surface area contributed by atoms with E-state index in [1.807, 2.05) is 0 Å². The highest BCUT2D eigenvalue weighted by Gasteiger charge is 2.76. The van der Waals surface area contributed by atoms with Crippen molar-refractivity contribution in [2.24, 2.45) is 28.6 Å². The van der Waals surface area contributed by atoms with Crippen LogP contribution >= 0.6 is 0 Å². The van der Waals surface area contributed by atoms with Gasteiger partial charge >= 0.3 is 0 Å². The zero-order valence-electron chi connectivity index (χ0n) is 19.3. The maximum Gasteiger partial charge on any atom is 0.226 e. The lowest BCUT2D eigenvalue weighted by Crippen LogP contribution is -2.66. The molecule has 7 aliphatic rings. The van der Waals surface area contributed by atoms with Gasteiger partial charge in [-0.2, -0.15) is 0 Å². The summed E-state index contributed by atoms with van der Waals surface area (Å²) in [7, 11) is 0. The van der Waals surface area contributed by atoms with Crippen molar-refractivity contribution in [1.29, 1.82) is 0 Å². The predicted octanol–water partition coefficient (Wildman–Crippen LogP) is 3.11. The first-order valence-corrected chi connectivity index (χ1v) is 12.5. The largest absolute Gasteiger partial charge is 0.393 e. The van der Waals surface area contributed by atoms with Crippen LogP contribution in [0.4, 0.5) is 0 Å². The van der Waals surface area contributed by atoms with Crippen LogP contribution in [0.1, 0.15) is 58.8 Å². The van der Waals surface area contributed by atoms with Crippen LogP contribution in [0.2, 0.25) is 0 Å². The van der Waals surface area contributed by atoms with Gasteiger partial charge in [0.05, 0.1) is 19.3 Å². The molecule has 0 aromatic rings. The molecule has 3 saturated heterocycles. The molecule has 3 spiro atoms. The van der Waals surface area contributed by atoms with Gasteiger partial charge in [0.25, 0.3) is 0 Å². The molecule has 0 bridgehead atoms. The average Bonchev–Trinajstić information content (AvgIpc) is 3.54. The Labute approximate surface area is 189 Å². The Morgan fingerprint density at radius 1 is 0.969 bits per heavy atom. The molecule has 4 unspecified atom stereocenters. The fourth-order valence-corrected chi connectivity index (χ4v) is 9.45. The molecule has 8 atom stereocenters. The number of rotatable bonds is 0. The van der Waals surface area contributed by atoms with Crippen LogP contribution in [0.5, 0.6) is 0 Å². The van der Waals surface area contributed by atoms with E-state index < -0.39 is 17.2 Å². The maximum atomic E-state index is 11.8. The number of aliphatic hydroxyl groups is 1. The van der Waals surface area contributed by atoms with E-state index in [4.69, 9.17) is 28.4 Å². The second-order valence-corrected chi connectivity index (χ2v) is 11.8. The average molecular weight is 449 g/mol. The van der Waals surface area contributed by atoms with Gasteiger partial charge in [-0.15, -0.1) is 0 Å². The van der Waals surface area contributed by atoms with Gasteiger partial charge in [0.2, 0.25) is 5.79 Å². The van der Waals surface area contributed by atoms with Crippen LogP contribution < -0.4 is 0 Å². The van der Waals surface area contributed by atoms with E-state index >= 15 is 0 Å². The van der Waals surface area contributed by atoms with Crippen LogP contribution in [0, 0.1) is 28.6 Å². The summed E-state index contributed by atoms with van der Waals surface area (Å²) in [6.45, 7) is 6.98. The van der Waals surface area contributed by atoms with Gasteiger partial charge in [0.15, 0.2) is 19.4 Å². The van der Waals surface area contributed by atoms with Crippen molar-refractivity contribution in [1.82, 2.24) is 0 Å². The van der Waals surface area contributed by atoms with Crippen LogP contribution in [0.25, 0.3) is 0 Å². The molecule has 4 aliphatic carbocycles. The summed E-state index contributed by atoms with van der Waals surface area (Å²) in [5.41, 5.74) is 0.664. The third-order valence-corrected chi connectivity index (χ3v) is 10.9. The Balaban J connectivity index is 1.25. The minimum atomic E-state index is -0.836. The van der Waals surface area contributed by atoms with Gasteiger partial charge in [0, 0.05) is 18.3 Å². The first-order valence-electron chi connectivity index (χ1n) is 12.5. The Morgan fingerprint density at radius 2 is 1.78 bits per heavy atom. The second-order valence-electron chi connectivity index (χ2n) is 11.8. The molecule has 0 amide bonds. The molecule has 0 aromatic carbocycles. The van der Waals surface area contributed by atoms with E-state index in [9.17, 15) is 5.11 Å². The van der Waals surface area contributed by atoms with E-state index in [0.717, 1.165) is 38.5 Å². The third-order valence-electron chi connectivity index (χ3n) is 10.9. The van der Waals surface area contributed by atoms with E-state index in [2.05, 4.69) is 19.9 Å². The Morgan fingerprint density at radius 3 is 2.56 bits per heavy atom. The summed E-state index contributed by atoms with van der Waals surface area (Å²) in [6.07, 6.45) is 8.54. The van der Waals surface area contributed by atoms with Crippen molar-refractivity contribution < 1.29 is 33.5 Å². The van der Waals surface area contributed by atoms with E-state index in [-0.39, 0.29) is 36.4 Å². The van der Waals surface area contributed by atoms with Crippen molar-refractivity contribution in [2.45, 2.75) is 82.1 Å². The smallest absolute Gasteiger partial charge is 0.226 e. The molecule has 3 heterocycles. The van der Waals surface area contributed by atoms with E-state index in [1.165, 1.54) is 5.57 Å². The van der Waals surface area contributed by atoms with E-state index in [0.29, 0.717) is 38.1 Å². The highest BCUT2D eigenvalue weighted by Crippen LogP contribution is 2.71. The van der Waals surface area contributed by atoms with E-state index in [1.54, 1.807) is 0 Å². The summed E-state index contributed by atoms with van der Waals surface area (Å²) >= 11 is 0. The summed E-state index contributed by atoms with van der Waals surface area (Å²) in [6, 6.07) is 0. The highest BCUT2D eigenvalue weighted by molar-refractivity contribution is 5.29. The van der Waals surface area contributed by atoms with Crippen molar-refractivity contribution in [3.8, 4) is 0 Å². The molecule has 0 aromatic heterocycles. The van der Waals surface area contributed by atoms with Gasteiger partial charge in [-0.25, -0.2) is 0 Å². The quantitative estimate of drug-likeness (QED) is 0.571. The predicted molar refractivity (Wildman–Crippen MR) is 112 cm³/mol. The van der Waals surface area contributed by atoms with Gasteiger partial charge < -0.3 is 33.5 Å². The van der Waals surface area contributed by atoms with Gasteiger partial charge in [0.1, 0.15) is 12.2 Å². The van der Waals surface area contributed by atoms with Gasteiger partial charge in [-0.1, -0.05) is 25.5 Å². The van der Waals surface area contributed by atoms with Crippen LogP contribution in [0.15, 0.2) is 11.6 Å². The van der Waals surface area contributed by atoms with Crippen molar-refractivity contribution in [3.63, 3.8) is 0 Å². The minimum absolute atomic E-state index is 0.00231. The van der Waals surface area contributed by atoms with Crippen LogP contribution in [-0.4, -0.2) is 61.8 Å². The number of hydrogen-bond acceptors (Lipinski definition) is 7. The first-order chi connectivity index (χ1) is 15.4. The lowest BCUT2D eigenvalue weighted by molar-refractivity contribution is -0.258. The van der Waals surface area contributed by atoms with Crippen molar-refractivity contribution in [2.75, 3.05) is 33.4 Å². The standard InChI is InChI=1S/C25H36O7/c1-21-7-8-23(28-9-10-29-23)11-16(21)3-4-17-18-5-6-24(22(18,2)12-19(26)20(17)21)25(32-15-30-24)13-27-14-31-25/h3,17-20,26H,4-15H2,1-2H3/t17?,18?,19-,20?,21-,22-,24+,25?/m0/s1. The molecule has 3 saturated carbocycles. The molecule has 1 N–H and O–H groups in total. The molecule has 7 heteroatoms. The fourth-order valence-electron chi connectivity index (χ4n) is 9.45. The second kappa shape index (κ2) is 6.56. The topological polar surface area (TPSA) is 75.6 Å². The van der Waals surface area contributed by atoms with Gasteiger partial charge in [-0.3, -0.25) is 0 Å². The molecule has 6 fully saturated rings. The monoisotopic (exact) mass is 448 g/mol. The summed E-state index contributed by atoms with van der Waals surface area (Å²) in [4.78, 5) is 0. The molecule has 3 aliphatic heterocycles. The van der Waals surface area contributed by atoms with Crippen molar-refractivity contribution >= 4 is 0 Å². The summed E-state index contributed by atoms with van der Waals surface area (Å²) < 4.78 is 36.4.